The fraction of sp³-hybridized carbons (Fsp3) is 0.222. The lowest BCUT2D eigenvalue weighted by atomic mass is 10.0. The van der Waals surface area contributed by atoms with E-state index in [0.29, 0.717) is 28.0 Å². The summed E-state index contributed by atoms with van der Waals surface area (Å²) in [4.78, 5) is 16.7. The van der Waals surface area contributed by atoms with Crippen LogP contribution in [-0.4, -0.2) is 21.3 Å². The van der Waals surface area contributed by atoms with Crippen molar-refractivity contribution < 1.29 is 17.3 Å². The number of fused-ring (bicyclic) bond motifs is 1. The van der Waals surface area contributed by atoms with Gasteiger partial charge in [0.15, 0.2) is 5.75 Å². The lowest BCUT2D eigenvalue weighted by Gasteiger charge is -2.13. The van der Waals surface area contributed by atoms with Crippen LogP contribution in [0.5, 0.6) is 5.75 Å². The van der Waals surface area contributed by atoms with Gasteiger partial charge in [0.25, 0.3) is 18.3 Å². The van der Waals surface area contributed by atoms with Crippen molar-refractivity contribution >= 4 is 24.0 Å². The Labute approximate surface area is 152 Å². The maximum atomic E-state index is 13.4. The fourth-order valence-corrected chi connectivity index (χ4v) is 3.15. The molecule has 0 atom stereocenters. The first-order valence-corrected chi connectivity index (χ1v) is 8.75. The van der Waals surface area contributed by atoms with Crippen LogP contribution >= 0.6 is 12.4 Å². The maximum Gasteiger partial charge on any atom is 0.272 e. The van der Waals surface area contributed by atoms with Gasteiger partial charge >= 0.3 is 0 Å². The Morgan fingerprint density at radius 1 is 1.38 bits per heavy atom. The SMILES string of the molecule is Cc1cc(-c2cnc3cc(F)ccn23)cc(OSF)c1C(=O)NC1CC1. The lowest BCUT2D eigenvalue weighted by molar-refractivity contribution is 0.0949. The zero-order chi connectivity index (χ0) is 18.3. The van der Waals surface area contributed by atoms with E-state index in [1.165, 1.54) is 12.1 Å². The molecule has 0 radical (unpaired) electrons. The van der Waals surface area contributed by atoms with E-state index < -0.39 is 0 Å². The molecule has 134 valence electrons. The summed E-state index contributed by atoms with van der Waals surface area (Å²) in [6.07, 6.45) is 5.07. The van der Waals surface area contributed by atoms with Gasteiger partial charge in [-0.2, -0.15) is 0 Å². The minimum absolute atomic E-state index is 0.141. The highest BCUT2D eigenvalue weighted by atomic mass is 32.2. The molecule has 1 N–H and O–H groups in total. The first-order valence-electron chi connectivity index (χ1n) is 8.10. The number of amides is 1. The van der Waals surface area contributed by atoms with Crippen molar-refractivity contribution in [2.45, 2.75) is 25.8 Å². The van der Waals surface area contributed by atoms with Crippen LogP contribution in [-0.2, 0) is 0 Å². The van der Waals surface area contributed by atoms with Gasteiger partial charge in [0.05, 0.1) is 17.5 Å². The van der Waals surface area contributed by atoms with Crippen LogP contribution in [0.1, 0.15) is 28.8 Å². The number of hydrogen-bond acceptors (Lipinski definition) is 4. The molecule has 0 bridgehead atoms. The third kappa shape index (κ3) is 3.12. The normalized spacial score (nSPS) is 13.8. The molecule has 1 aliphatic rings. The number of halogens is 2. The van der Waals surface area contributed by atoms with Gasteiger partial charge in [-0.3, -0.25) is 9.20 Å². The van der Waals surface area contributed by atoms with Gasteiger partial charge in [0, 0.05) is 23.9 Å². The molecule has 0 saturated heterocycles. The fourth-order valence-electron chi connectivity index (χ4n) is 2.95. The Morgan fingerprint density at radius 3 is 2.92 bits per heavy atom. The minimum Gasteiger partial charge on any atom is -0.396 e. The minimum atomic E-state index is -0.379. The number of benzene rings is 1. The number of nitrogens with zero attached hydrogens (tertiary/aromatic N) is 2. The van der Waals surface area contributed by atoms with Crippen molar-refractivity contribution in [3.8, 4) is 17.0 Å². The van der Waals surface area contributed by atoms with E-state index in [-0.39, 0.29) is 35.9 Å². The summed E-state index contributed by atoms with van der Waals surface area (Å²) < 4.78 is 32.9. The quantitative estimate of drug-likeness (QED) is 0.678. The summed E-state index contributed by atoms with van der Waals surface area (Å²) in [7, 11) is 0. The summed E-state index contributed by atoms with van der Waals surface area (Å²) in [5.74, 6) is -0.515. The standard InChI is InChI=1S/C18H15F2N3O2S/c1-10-6-11(14-9-21-16-8-12(19)4-5-23(14)16)7-15(25-26-20)17(10)18(24)22-13-2-3-13/h4-9,13H,2-3H2,1H3,(H,22,24). The van der Waals surface area contributed by atoms with Crippen LogP contribution in [0.2, 0.25) is 0 Å². The molecular formula is C18H15F2N3O2S. The molecule has 1 aromatic carbocycles. The number of nitrogens with one attached hydrogen (secondary N) is 1. The summed E-state index contributed by atoms with van der Waals surface area (Å²) in [6.45, 7) is 1.77. The summed E-state index contributed by atoms with van der Waals surface area (Å²) in [6, 6.07) is 6.24. The summed E-state index contributed by atoms with van der Waals surface area (Å²) in [5.41, 5.74) is 2.79. The molecule has 0 spiro atoms. The Bertz CT molecular complexity index is 1000. The number of rotatable bonds is 5. The lowest BCUT2D eigenvalue weighted by Crippen LogP contribution is -2.26. The summed E-state index contributed by atoms with van der Waals surface area (Å²) >= 11 is -0.311. The number of hydrogen-bond donors (Lipinski definition) is 1. The van der Waals surface area contributed by atoms with Crippen molar-refractivity contribution in [3.05, 3.63) is 53.6 Å². The second-order valence-corrected chi connectivity index (χ2v) is 6.57. The first-order chi connectivity index (χ1) is 12.6. The molecule has 1 saturated carbocycles. The Balaban J connectivity index is 1.80. The highest BCUT2D eigenvalue weighted by Crippen LogP contribution is 2.33. The highest BCUT2D eigenvalue weighted by molar-refractivity contribution is 7.89. The van der Waals surface area contributed by atoms with E-state index in [2.05, 4.69) is 10.3 Å². The van der Waals surface area contributed by atoms with Gasteiger partial charge < -0.3 is 9.50 Å². The molecule has 1 fully saturated rings. The number of carbonyl (C=O) groups is 1. The van der Waals surface area contributed by atoms with E-state index >= 15 is 0 Å². The number of pyridine rings is 1. The molecule has 1 amide bonds. The smallest absolute Gasteiger partial charge is 0.272 e. The highest BCUT2D eigenvalue weighted by Gasteiger charge is 2.27. The van der Waals surface area contributed by atoms with Gasteiger partial charge in [0.1, 0.15) is 11.5 Å². The van der Waals surface area contributed by atoms with Crippen LogP contribution in [0.4, 0.5) is 8.28 Å². The van der Waals surface area contributed by atoms with Crippen LogP contribution in [0.25, 0.3) is 16.9 Å². The van der Waals surface area contributed by atoms with Crippen molar-refractivity contribution in [2.24, 2.45) is 0 Å². The third-order valence-corrected chi connectivity index (χ3v) is 4.57. The average Bonchev–Trinajstić information content (AvgIpc) is 3.31. The zero-order valence-corrected chi connectivity index (χ0v) is 14.6. The molecule has 0 aliphatic heterocycles. The van der Waals surface area contributed by atoms with Gasteiger partial charge in [-0.25, -0.2) is 9.37 Å². The van der Waals surface area contributed by atoms with E-state index in [1.54, 1.807) is 29.8 Å². The Kier molecular flexibility index (Phi) is 4.28. The maximum absolute atomic E-state index is 13.4. The first kappa shape index (κ1) is 16.8. The van der Waals surface area contributed by atoms with Crippen LogP contribution < -0.4 is 9.50 Å². The molecule has 26 heavy (non-hydrogen) atoms. The molecule has 3 aromatic rings. The van der Waals surface area contributed by atoms with E-state index in [1.807, 2.05) is 6.07 Å². The van der Waals surface area contributed by atoms with Gasteiger partial charge in [-0.15, -0.1) is 3.89 Å². The number of imidazole rings is 1. The van der Waals surface area contributed by atoms with Crippen LogP contribution in [0, 0.1) is 12.7 Å². The van der Waals surface area contributed by atoms with Crippen LogP contribution in [0.3, 0.4) is 0 Å². The predicted molar refractivity (Wildman–Crippen MR) is 95.1 cm³/mol. The van der Waals surface area contributed by atoms with E-state index in [4.69, 9.17) is 4.18 Å². The second kappa shape index (κ2) is 6.60. The Hall–Kier alpha value is -2.61. The molecular weight excluding hydrogens is 360 g/mol. The van der Waals surface area contributed by atoms with Gasteiger partial charge in [-0.05, 0) is 43.5 Å². The molecule has 0 unspecified atom stereocenters. The zero-order valence-electron chi connectivity index (χ0n) is 13.8. The Morgan fingerprint density at radius 2 is 2.19 bits per heavy atom. The molecule has 5 nitrogen and oxygen atoms in total. The third-order valence-electron chi connectivity index (χ3n) is 4.33. The predicted octanol–water partition coefficient (Wildman–Crippen LogP) is 4.25. The van der Waals surface area contributed by atoms with Crippen molar-refractivity contribution in [3.63, 3.8) is 0 Å². The topological polar surface area (TPSA) is 55.6 Å². The largest absolute Gasteiger partial charge is 0.396 e. The van der Waals surface area contributed by atoms with Crippen molar-refractivity contribution in [2.75, 3.05) is 0 Å². The molecule has 2 heterocycles. The van der Waals surface area contributed by atoms with Crippen LogP contribution in [0.15, 0.2) is 36.7 Å². The van der Waals surface area contributed by atoms with E-state index in [9.17, 15) is 13.1 Å². The van der Waals surface area contributed by atoms with Crippen molar-refractivity contribution in [1.82, 2.24) is 14.7 Å². The monoisotopic (exact) mass is 375 g/mol. The molecule has 2 aromatic heterocycles. The van der Waals surface area contributed by atoms with Gasteiger partial charge in [0.2, 0.25) is 0 Å². The second-order valence-electron chi connectivity index (χ2n) is 6.28. The average molecular weight is 375 g/mol. The molecule has 4 rings (SSSR count). The number of aryl methyl sites for hydroxylation is 1. The van der Waals surface area contributed by atoms with E-state index in [0.717, 1.165) is 12.8 Å². The van der Waals surface area contributed by atoms with Gasteiger partial charge in [-0.1, -0.05) is 0 Å². The van der Waals surface area contributed by atoms with Crippen molar-refractivity contribution in [1.29, 1.82) is 0 Å². The number of aromatic nitrogens is 2. The number of carbonyl (C=O) groups excluding carboxylic acids is 1. The molecule has 8 heteroatoms. The summed E-state index contributed by atoms with van der Waals surface area (Å²) in [5, 5.41) is 2.89. The molecule has 1 aliphatic carbocycles.